The van der Waals surface area contributed by atoms with Crippen LogP contribution in [0, 0.1) is 5.92 Å². The monoisotopic (exact) mass is 644 g/mol. The molecular weight excluding hydrogens is 612 g/mol. The number of hydrogen-bond donors (Lipinski definition) is 1. The molecule has 0 aromatic heterocycles. The summed E-state index contributed by atoms with van der Waals surface area (Å²) in [5.74, 6) is -4.09. The third kappa shape index (κ3) is 9.88. The van der Waals surface area contributed by atoms with Gasteiger partial charge >= 0.3 is 17.9 Å². The summed E-state index contributed by atoms with van der Waals surface area (Å²) in [6, 6.07) is 4.88. The van der Waals surface area contributed by atoms with Gasteiger partial charge in [0.1, 0.15) is 24.6 Å². The number of carbonyl (C=O) groups is 3. The molecule has 9 nitrogen and oxygen atoms in total. The average molecular weight is 643 g/mol. The van der Waals surface area contributed by atoms with E-state index < -0.39 is 58.5 Å². The molecular formula is C30H31B7O9S. The maximum atomic E-state index is 13.6. The standard InChI is InChI=1S/C30H31B7O9S/c31-9-16-3-18(10-32)24(12-34)22(4-16)29(39)45-20-5-17(28(38)44-1-2-47(41,42)43)6-21(8-20)46-30(40)23-7-19(11-33)25(13-35)27(15-37)26(23)14-36/h3-4,7,17,20-21H,1-2,5-6,8-15H2,(H,41,42,43). The molecule has 0 heterocycles. The lowest BCUT2D eigenvalue weighted by molar-refractivity contribution is -0.152. The Hall–Kier alpha value is -2.79. The van der Waals surface area contributed by atoms with Crippen LogP contribution in [-0.2, 0) is 73.4 Å². The summed E-state index contributed by atoms with van der Waals surface area (Å²) in [5.41, 5.74) is 4.37. The van der Waals surface area contributed by atoms with E-state index in [0.717, 1.165) is 0 Å². The molecule has 1 aliphatic carbocycles. The van der Waals surface area contributed by atoms with E-state index in [2.05, 4.69) is 0 Å². The number of carbonyl (C=O) groups excluding carboxylic acids is 3. The van der Waals surface area contributed by atoms with Crippen molar-refractivity contribution in [2.45, 2.75) is 75.7 Å². The predicted octanol–water partition coefficient (Wildman–Crippen LogP) is 0.348. The second kappa shape index (κ2) is 17.6. The molecule has 0 spiro atoms. The lowest BCUT2D eigenvalue weighted by Gasteiger charge is -2.33. The zero-order valence-corrected chi connectivity index (χ0v) is 26.9. The van der Waals surface area contributed by atoms with Crippen LogP contribution in [0.5, 0.6) is 0 Å². The van der Waals surface area contributed by atoms with Crippen LogP contribution in [0.1, 0.15) is 78.9 Å². The quantitative estimate of drug-likeness (QED) is 0.126. The smallest absolute Gasteiger partial charge is 0.338 e. The van der Waals surface area contributed by atoms with Gasteiger partial charge in [0.05, 0.1) is 72.0 Å². The summed E-state index contributed by atoms with van der Waals surface area (Å²) in [6.45, 7) is -0.603. The van der Waals surface area contributed by atoms with E-state index in [4.69, 9.17) is 73.7 Å². The van der Waals surface area contributed by atoms with Crippen LogP contribution in [0.2, 0.25) is 0 Å². The van der Waals surface area contributed by atoms with Crippen molar-refractivity contribution in [2.24, 2.45) is 5.92 Å². The summed E-state index contributed by atoms with van der Waals surface area (Å²) in [7, 11) is 37.1. The minimum Gasteiger partial charge on any atom is -0.464 e. The molecule has 0 saturated heterocycles. The first-order valence-electron chi connectivity index (χ1n) is 15.1. The Balaban J connectivity index is 1.94. The molecule has 3 atom stereocenters. The molecule has 0 bridgehead atoms. The summed E-state index contributed by atoms with van der Waals surface area (Å²) < 4.78 is 48.1. The van der Waals surface area contributed by atoms with Gasteiger partial charge in [0, 0.05) is 6.42 Å². The Morgan fingerprint density at radius 3 is 1.64 bits per heavy atom. The van der Waals surface area contributed by atoms with Gasteiger partial charge in [0.15, 0.2) is 0 Å². The van der Waals surface area contributed by atoms with Gasteiger partial charge in [-0.3, -0.25) is 9.35 Å². The fourth-order valence-electron chi connectivity index (χ4n) is 5.90. The molecule has 0 amide bonds. The van der Waals surface area contributed by atoms with Crippen molar-refractivity contribution in [1.29, 1.82) is 0 Å². The third-order valence-electron chi connectivity index (χ3n) is 8.18. The number of benzene rings is 2. The molecule has 17 heteroatoms. The Bertz CT molecular complexity index is 1570. The van der Waals surface area contributed by atoms with E-state index in [1.807, 2.05) is 0 Å². The van der Waals surface area contributed by atoms with Crippen LogP contribution in [0.3, 0.4) is 0 Å². The normalized spacial score (nSPS) is 17.9. The van der Waals surface area contributed by atoms with Crippen LogP contribution in [0.4, 0.5) is 0 Å². The molecule has 3 unspecified atom stereocenters. The lowest BCUT2D eigenvalue weighted by atomic mass is 9.74. The Morgan fingerprint density at radius 2 is 1.17 bits per heavy atom. The van der Waals surface area contributed by atoms with E-state index >= 15 is 0 Å². The number of esters is 3. The van der Waals surface area contributed by atoms with Crippen molar-refractivity contribution in [3.63, 3.8) is 0 Å². The van der Waals surface area contributed by atoms with Crippen LogP contribution < -0.4 is 0 Å². The molecule has 3 rings (SSSR count). The van der Waals surface area contributed by atoms with Gasteiger partial charge in [-0.05, 0) is 36.1 Å². The van der Waals surface area contributed by atoms with Gasteiger partial charge in [-0.2, -0.15) is 8.42 Å². The van der Waals surface area contributed by atoms with Gasteiger partial charge in [-0.25, -0.2) is 9.59 Å². The Morgan fingerprint density at radius 1 is 0.660 bits per heavy atom. The highest BCUT2D eigenvalue weighted by atomic mass is 32.2. The molecule has 1 aliphatic rings. The van der Waals surface area contributed by atoms with Crippen LogP contribution >= 0.6 is 0 Å². The predicted molar refractivity (Wildman–Crippen MR) is 182 cm³/mol. The maximum absolute atomic E-state index is 13.6. The second-order valence-corrected chi connectivity index (χ2v) is 12.7. The van der Waals surface area contributed by atoms with Crippen LogP contribution in [-0.4, -0.2) is 110 Å². The second-order valence-electron chi connectivity index (χ2n) is 11.1. The van der Waals surface area contributed by atoms with Gasteiger partial charge in [-0.15, -0.1) is 0 Å². The average Bonchev–Trinajstić information content (AvgIpc) is 3.05. The highest BCUT2D eigenvalue weighted by Crippen LogP contribution is 2.33. The molecule has 2 aromatic rings. The van der Waals surface area contributed by atoms with Crippen molar-refractivity contribution in [1.82, 2.24) is 0 Å². The van der Waals surface area contributed by atoms with Gasteiger partial charge < -0.3 is 14.2 Å². The Kier molecular flexibility index (Phi) is 14.4. The largest absolute Gasteiger partial charge is 0.464 e. The topological polar surface area (TPSA) is 133 Å². The summed E-state index contributed by atoms with van der Waals surface area (Å²) in [5, 5.41) is 0. The highest BCUT2D eigenvalue weighted by molar-refractivity contribution is 7.85. The lowest BCUT2D eigenvalue weighted by Crippen LogP contribution is -2.39. The molecule has 2 aromatic carbocycles. The zero-order chi connectivity index (χ0) is 34.9. The highest BCUT2D eigenvalue weighted by Gasteiger charge is 2.38. The molecule has 0 aliphatic heterocycles. The van der Waals surface area contributed by atoms with Crippen molar-refractivity contribution >= 4 is 82.9 Å². The van der Waals surface area contributed by atoms with E-state index in [9.17, 15) is 22.8 Å². The van der Waals surface area contributed by atoms with Gasteiger partial charge in [0.25, 0.3) is 10.1 Å². The molecule has 14 radical (unpaired) electrons. The number of rotatable bonds is 15. The molecule has 1 fully saturated rings. The van der Waals surface area contributed by atoms with E-state index in [-0.39, 0.29) is 74.6 Å². The fraction of sp³-hybridized carbons (Fsp3) is 0.500. The van der Waals surface area contributed by atoms with E-state index in [1.54, 1.807) is 18.2 Å². The molecule has 47 heavy (non-hydrogen) atoms. The number of hydrogen-bond acceptors (Lipinski definition) is 8. The number of ether oxygens (including phenoxy) is 3. The van der Waals surface area contributed by atoms with Gasteiger partial charge in [0.2, 0.25) is 0 Å². The van der Waals surface area contributed by atoms with Crippen molar-refractivity contribution in [2.75, 3.05) is 12.4 Å². The first-order chi connectivity index (χ1) is 22.3. The summed E-state index contributed by atoms with van der Waals surface area (Å²) in [6.07, 6.45) is -1.45. The third-order valence-corrected chi connectivity index (χ3v) is 8.86. The van der Waals surface area contributed by atoms with Crippen molar-refractivity contribution < 1.29 is 41.6 Å². The first kappa shape index (κ1) is 38.7. The summed E-state index contributed by atoms with van der Waals surface area (Å²) >= 11 is 0. The molecule has 232 valence electrons. The van der Waals surface area contributed by atoms with Crippen molar-refractivity contribution in [3.8, 4) is 0 Å². The minimum atomic E-state index is -4.39. The summed E-state index contributed by atoms with van der Waals surface area (Å²) in [4.78, 5) is 40.1. The van der Waals surface area contributed by atoms with Crippen LogP contribution in [0.15, 0.2) is 18.2 Å². The minimum absolute atomic E-state index is 0.00254. The van der Waals surface area contributed by atoms with Crippen LogP contribution in [0.25, 0.3) is 0 Å². The Labute approximate surface area is 286 Å². The molecule has 1 saturated carbocycles. The SMILES string of the molecule is [B]Cc1cc(C[B])c(C[B])c(C(=O)OC2CC(OC(=O)c3cc(C[B])c(C[B])c(C[B])c3C[B])CC(C(=O)OCCS(=O)(=O)O)C2)c1. The fourth-order valence-corrected chi connectivity index (χ4v) is 6.20. The van der Waals surface area contributed by atoms with E-state index in [0.29, 0.717) is 38.9 Å². The molecule has 1 N–H and O–H groups in total. The van der Waals surface area contributed by atoms with E-state index in [1.165, 1.54) is 0 Å². The first-order valence-corrected chi connectivity index (χ1v) is 16.7. The maximum Gasteiger partial charge on any atom is 0.338 e. The van der Waals surface area contributed by atoms with Crippen molar-refractivity contribution in [3.05, 3.63) is 68.3 Å². The zero-order valence-electron chi connectivity index (χ0n) is 26.1. The van der Waals surface area contributed by atoms with Gasteiger partial charge in [-0.1, -0.05) is 78.1 Å².